The fraction of sp³-hybridized carbons (Fsp3) is 0.105. The van der Waals surface area contributed by atoms with E-state index in [1.165, 1.54) is 17.8 Å². The minimum absolute atomic E-state index is 0.164. The zero-order chi connectivity index (χ0) is 18.5. The van der Waals surface area contributed by atoms with Gasteiger partial charge in [0, 0.05) is 21.5 Å². The number of carbonyl (C=O) groups excluding carboxylic acids is 1. The highest BCUT2D eigenvalue weighted by molar-refractivity contribution is 7.98. The Hall–Kier alpha value is -2.57. The average Bonchev–Trinajstić information content (AvgIpc) is 2.64. The molecule has 26 heavy (non-hydrogen) atoms. The van der Waals surface area contributed by atoms with Crippen LogP contribution >= 0.6 is 23.4 Å². The first-order chi connectivity index (χ1) is 12.6. The summed E-state index contributed by atoms with van der Waals surface area (Å²) in [5.74, 6) is -0.311. The van der Waals surface area contributed by atoms with Crippen LogP contribution in [0.25, 0.3) is 11.3 Å². The maximum Gasteiger partial charge on any atom is 0.267 e. The summed E-state index contributed by atoms with van der Waals surface area (Å²) in [6.07, 6.45) is 1.94. The number of para-hydroxylation sites is 1. The van der Waals surface area contributed by atoms with Gasteiger partial charge < -0.3 is 5.32 Å². The first kappa shape index (κ1) is 18.2. The summed E-state index contributed by atoms with van der Waals surface area (Å²) in [5.41, 5.74) is 1.79. The van der Waals surface area contributed by atoms with Crippen molar-refractivity contribution in [3.8, 4) is 11.3 Å². The number of nitrogens with zero attached hydrogens (tertiary/aromatic N) is 2. The molecule has 0 aliphatic heterocycles. The molecule has 0 atom stereocenters. The van der Waals surface area contributed by atoms with Crippen molar-refractivity contribution in [1.82, 2.24) is 9.78 Å². The number of hydrogen-bond acceptors (Lipinski definition) is 4. The number of nitrogens with one attached hydrogen (secondary N) is 1. The molecule has 0 bridgehead atoms. The van der Waals surface area contributed by atoms with Crippen LogP contribution in [0.2, 0.25) is 5.02 Å². The summed E-state index contributed by atoms with van der Waals surface area (Å²) < 4.78 is 1.15. The third-order valence-electron chi connectivity index (χ3n) is 3.68. The molecule has 7 heteroatoms. The molecule has 0 saturated heterocycles. The van der Waals surface area contributed by atoms with Crippen LogP contribution in [0.1, 0.15) is 0 Å². The van der Waals surface area contributed by atoms with Crippen LogP contribution < -0.4 is 10.9 Å². The van der Waals surface area contributed by atoms with Crippen molar-refractivity contribution >= 4 is 35.0 Å². The van der Waals surface area contributed by atoms with Gasteiger partial charge in [-0.2, -0.15) is 5.10 Å². The predicted octanol–water partition coefficient (Wildman–Crippen LogP) is 3.92. The maximum absolute atomic E-state index is 12.4. The molecule has 1 amide bonds. The van der Waals surface area contributed by atoms with Crippen LogP contribution in [0.15, 0.2) is 70.4 Å². The molecule has 0 fully saturated rings. The molecule has 1 N–H and O–H groups in total. The SMILES string of the molecule is CSc1ccccc1NC(=O)Cn1nc(-c2ccc(Cl)cc2)ccc1=O. The molecule has 0 radical (unpaired) electrons. The first-order valence-corrected chi connectivity index (χ1v) is 9.44. The van der Waals surface area contributed by atoms with E-state index in [2.05, 4.69) is 10.4 Å². The Bertz CT molecular complexity index is 987. The van der Waals surface area contributed by atoms with Crippen LogP contribution in [0.4, 0.5) is 5.69 Å². The topological polar surface area (TPSA) is 64.0 Å². The van der Waals surface area contributed by atoms with Gasteiger partial charge in [-0.3, -0.25) is 9.59 Å². The smallest absolute Gasteiger partial charge is 0.267 e. The molecule has 1 aromatic heterocycles. The molecule has 132 valence electrons. The minimum atomic E-state index is -0.337. The van der Waals surface area contributed by atoms with Gasteiger partial charge in [0.25, 0.3) is 5.56 Å². The third-order valence-corrected chi connectivity index (χ3v) is 4.73. The Morgan fingerprint density at radius 2 is 1.85 bits per heavy atom. The van der Waals surface area contributed by atoms with Gasteiger partial charge in [0.15, 0.2) is 0 Å². The van der Waals surface area contributed by atoms with Crippen molar-refractivity contribution < 1.29 is 4.79 Å². The fourth-order valence-electron chi connectivity index (χ4n) is 2.41. The molecule has 2 aromatic carbocycles. The molecule has 1 heterocycles. The number of benzene rings is 2. The lowest BCUT2D eigenvalue weighted by Gasteiger charge is -2.10. The summed E-state index contributed by atoms with van der Waals surface area (Å²) >= 11 is 7.43. The van der Waals surface area contributed by atoms with Crippen molar-refractivity contribution in [3.05, 3.63) is 76.0 Å². The Balaban J connectivity index is 1.81. The lowest BCUT2D eigenvalue weighted by Crippen LogP contribution is -2.29. The summed E-state index contributed by atoms with van der Waals surface area (Å²) in [7, 11) is 0. The Labute approximate surface area is 160 Å². The van der Waals surface area contributed by atoms with E-state index in [1.807, 2.05) is 42.7 Å². The van der Waals surface area contributed by atoms with E-state index in [4.69, 9.17) is 11.6 Å². The fourth-order valence-corrected chi connectivity index (χ4v) is 3.09. The molecular formula is C19H16ClN3O2S. The summed E-state index contributed by atoms with van der Waals surface area (Å²) in [6.45, 7) is -0.164. The largest absolute Gasteiger partial charge is 0.323 e. The second-order valence-corrected chi connectivity index (χ2v) is 6.75. The number of amides is 1. The second-order valence-electron chi connectivity index (χ2n) is 5.47. The zero-order valence-corrected chi connectivity index (χ0v) is 15.6. The Morgan fingerprint density at radius 1 is 1.12 bits per heavy atom. The Morgan fingerprint density at radius 3 is 2.58 bits per heavy atom. The number of halogens is 1. The van der Waals surface area contributed by atoms with Crippen molar-refractivity contribution in [3.63, 3.8) is 0 Å². The molecule has 0 spiro atoms. The molecular weight excluding hydrogens is 370 g/mol. The van der Waals surface area contributed by atoms with Gasteiger partial charge in [0.2, 0.25) is 5.91 Å². The van der Waals surface area contributed by atoms with E-state index in [1.54, 1.807) is 18.2 Å². The van der Waals surface area contributed by atoms with Crippen LogP contribution in [0, 0.1) is 0 Å². The molecule has 3 aromatic rings. The quantitative estimate of drug-likeness (QED) is 0.676. The predicted molar refractivity (Wildman–Crippen MR) is 106 cm³/mol. The van der Waals surface area contributed by atoms with Crippen molar-refractivity contribution in [2.24, 2.45) is 0 Å². The van der Waals surface area contributed by atoms with E-state index in [0.29, 0.717) is 16.4 Å². The van der Waals surface area contributed by atoms with Crippen molar-refractivity contribution in [2.45, 2.75) is 11.4 Å². The average molecular weight is 386 g/mol. The lowest BCUT2D eigenvalue weighted by molar-refractivity contribution is -0.117. The zero-order valence-electron chi connectivity index (χ0n) is 14.0. The van der Waals surface area contributed by atoms with Gasteiger partial charge in [-0.15, -0.1) is 11.8 Å². The van der Waals surface area contributed by atoms with E-state index >= 15 is 0 Å². The van der Waals surface area contributed by atoms with Crippen LogP contribution in [-0.4, -0.2) is 21.9 Å². The number of rotatable bonds is 5. The van der Waals surface area contributed by atoms with E-state index < -0.39 is 0 Å². The molecule has 5 nitrogen and oxygen atoms in total. The molecule has 0 saturated carbocycles. The molecule has 0 aliphatic rings. The van der Waals surface area contributed by atoms with Crippen LogP contribution in [0.3, 0.4) is 0 Å². The van der Waals surface area contributed by atoms with Crippen molar-refractivity contribution in [2.75, 3.05) is 11.6 Å². The number of anilines is 1. The third kappa shape index (κ3) is 4.33. The van der Waals surface area contributed by atoms with Gasteiger partial charge in [0.05, 0.1) is 11.4 Å². The summed E-state index contributed by atoms with van der Waals surface area (Å²) in [5, 5.41) is 7.74. The van der Waals surface area contributed by atoms with Gasteiger partial charge in [-0.25, -0.2) is 4.68 Å². The number of aromatic nitrogens is 2. The summed E-state index contributed by atoms with van der Waals surface area (Å²) in [6, 6.07) is 17.7. The number of thioether (sulfide) groups is 1. The molecule has 0 unspecified atom stereocenters. The van der Waals surface area contributed by atoms with Gasteiger partial charge in [-0.1, -0.05) is 35.9 Å². The standard InChI is InChI=1S/C19H16ClN3O2S/c1-26-17-5-3-2-4-16(17)21-18(24)12-23-19(25)11-10-15(22-23)13-6-8-14(20)9-7-13/h2-11H,12H2,1H3,(H,21,24). The van der Waals surface area contributed by atoms with Gasteiger partial charge in [-0.05, 0) is 36.6 Å². The number of hydrogen-bond donors (Lipinski definition) is 1. The Kier molecular flexibility index (Phi) is 5.75. The summed E-state index contributed by atoms with van der Waals surface area (Å²) in [4.78, 5) is 25.4. The highest BCUT2D eigenvalue weighted by Gasteiger charge is 2.10. The van der Waals surface area contributed by atoms with Crippen molar-refractivity contribution in [1.29, 1.82) is 0 Å². The number of carbonyl (C=O) groups is 1. The van der Waals surface area contributed by atoms with Gasteiger partial charge in [0.1, 0.15) is 6.54 Å². The maximum atomic E-state index is 12.4. The monoisotopic (exact) mass is 385 g/mol. The lowest BCUT2D eigenvalue weighted by atomic mass is 10.1. The first-order valence-electron chi connectivity index (χ1n) is 7.84. The highest BCUT2D eigenvalue weighted by atomic mass is 35.5. The van der Waals surface area contributed by atoms with E-state index in [9.17, 15) is 9.59 Å². The highest BCUT2D eigenvalue weighted by Crippen LogP contribution is 2.24. The van der Waals surface area contributed by atoms with Crippen LogP contribution in [0.5, 0.6) is 0 Å². The minimum Gasteiger partial charge on any atom is -0.323 e. The van der Waals surface area contributed by atoms with E-state index in [-0.39, 0.29) is 18.0 Å². The normalized spacial score (nSPS) is 10.5. The van der Waals surface area contributed by atoms with Gasteiger partial charge >= 0.3 is 0 Å². The van der Waals surface area contributed by atoms with E-state index in [0.717, 1.165) is 15.1 Å². The molecule has 0 aliphatic carbocycles. The van der Waals surface area contributed by atoms with Crippen LogP contribution in [-0.2, 0) is 11.3 Å². The molecule has 3 rings (SSSR count). The second kappa shape index (κ2) is 8.21.